The molecule has 27 heavy (non-hydrogen) atoms. The lowest BCUT2D eigenvalue weighted by molar-refractivity contribution is -0.401. The van der Waals surface area contributed by atoms with E-state index in [1.807, 2.05) is 0 Å². The number of amidine groups is 2. The third-order valence-corrected chi connectivity index (χ3v) is 4.68. The maximum atomic E-state index is 14.0. The predicted octanol–water partition coefficient (Wildman–Crippen LogP) is 1.77. The Balaban J connectivity index is 0.00000261. The molecule has 0 spiro atoms. The molecule has 0 radical (unpaired) electrons. The van der Waals surface area contributed by atoms with Crippen molar-refractivity contribution in [1.82, 2.24) is 4.90 Å². The summed E-state index contributed by atoms with van der Waals surface area (Å²) in [7, 11) is 4.23. The normalized spacial score (nSPS) is 15.9. The molecule has 11 heteroatoms. The van der Waals surface area contributed by atoms with Crippen molar-refractivity contribution in [3.05, 3.63) is 29.6 Å². The van der Waals surface area contributed by atoms with Gasteiger partial charge in [0, 0.05) is 6.07 Å². The molecule has 0 atom stereocenters. The van der Waals surface area contributed by atoms with Gasteiger partial charge in [0.05, 0.1) is 32.5 Å². The van der Waals surface area contributed by atoms with E-state index in [4.69, 9.17) is 4.74 Å². The van der Waals surface area contributed by atoms with Crippen LogP contribution < -0.4 is 4.74 Å². The number of ketones is 1. The fraction of sp³-hybridized carbons (Fsp3) is 0.250. The van der Waals surface area contributed by atoms with E-state index in [2.05, 4.69) is 9.98 Å². The lowest BCUT2D eigenvalue weighted by Gasteiger charge is -2.15. The molecule has 0 N–H and O–H groups in total. The number of Topliss-reactive ketones (excluding diaryl/α,β-unsaturated/α-hetero) is 1. The van der Waals surface area contributed by atoms with Crippen LogP contribution in [-0.2, 0) is 4.79 Å². The molecule has 0 aromatic heterocycles. The standard InChI is InChI=1S/C16H14FN4O4S.BrH/c1-20-13-12(14(23)21(2)16(20)24)18-15(19-13)26-7-11(22)9-5-4-8(25-3)6-10(9)17;/h4-6H,7H2,1-3H3;1H/q+1;. The fourth-order valence-electron chi connectivity index (χ4n) is 2.37. The molecule has 0 bridgehead atoms. The summed E-state index contributed by atoms with van der Waals surface area (Å²) in [6.07, 6.45) is 0. The highest BCUT2D eigenvalue weighted by atomic mass is 79.9. The van der Waals surface area contributed by atoms with E-state index in [0.29, 0.717) is 5.75 Å². The van der Waals surface area contributed by atoms with Gasteiger partial charge in [-0.25, -0.2) is 14.0 Å². The molecule has 0 unspecified atom stereocenters. The van der Waals surface area contributed by atoms with Crippen LogP contribution in [0.5, 0.6) is 5.75 Å². The smallest absolute Gasteiger partial charge is 0.446 e. The molecule has 0 saturated heterocycles. The van der Waals surface area contributed by atoms with Gasteiger partial charge in [-0.15, -0.1) is 17.0 Å². The van der Waals surface area contributed by atoms with Gasteiger partial charge in [-0.2, -0.15) is 14.5 Å². The molecule has 0 fully saturated rings. The molecule has 3 rings (SSSR count). The van der Waals surface area contributed by atoms with Crippen LogP contribution in [-0.4, -0.2) is 70.9 Å². The Morgan fingerprint density at radius 3 is 2.67 bits per heavy atom. The Kier molecular flexibility index (Phi) is 6.26. The Morgan fingerprint density at radius 2 is 2.04 bits per heavy atom. The van der Waals surface area contributed by atoms with Crippen molar-refractivity contribution in [1.29, 1.82) is 0 Å². The maximum Gasteiger partial charge on any atom is 0.446 e. The quantitative estimate of drug-likeness (QED) is 0.507. The van der Waals surface area contributed by atoms with Crippen LogP contribution in [0.4, 0.5) is 9.18 Å². The number of methoxy groups -OCH3 is 1. The summed E-state index contributed by atoms with van der Waals surface area (Å²) >= 11 is 0.964. The minimum atomic E-state index is -0.681. The van der Waals surface area contributed by atoms with Crippen molar-refractivity contribution >= 4 is 63.2 Å². The van der Waals surface area contributed by atoms with Crippen LogP contribution in [0.1, 0.15) is 10.4 Å². The van der Waals surface area contributed by atoms with E-state index in [1.165, 1.54) is 37.9 Å². The number of hydrogen-bond donors (Lipinski definition) is 0. The number of carbonyl (C=O) groups is 3. The average Bonchev–Trinajstić information content (AvgIpc) is 3.07. The minimum absolute atomic E-state index is 0. The number of rotatable bonds is 4. The van der Waals surface area contributed by atoms with Crippen LogP contribution in [0.25, 0.3) is 0 Å². The number of urea groups is 1. The van der Waals surface area contributed by atoms with Gasteiger partial charge in [-0.3, -0.25) is 4.79 Å². The van der Waals surface area contributed by atoms with Gasteiger partial charge in [0.25, 0.3) is 5.17 Å². The Bertz CT molecular complexity index is 944. The molecule has 1 aromatic carbocycles. The third-order valence-electron chi connectivity index (χ3n) is 3.83. The first-order valence-electron chi connectivity index (χ1n) is 7.43. The molecule has 2 aliphatic heterocycles. The van der Waals surface area contributed by atoms with Crippen LogP contribution in [0.2, 0.25) is 0 Å². The molecular formula is C16H15BrFN4O4S+. The van der Waals surface area contributed by atoms with E-state index in [9.17, 15) is 18.8 Å². The molecule has 1 aromatic rings. The average molecular weight is 458 g/mol. The predicted molar refractivity (Wildman–Crippen MR) is 104 cm³/mol. The number of carbonyl (C=O) groups excluding carboxylic acids is 3. The maximum absolute atomic E-state index is 14.0. The van der Waals surface area contributed by atoms with Crippen molar-refractivity contribution in [2.24, 2.45) is 9.98 Å². The highest BCUT2D eigenvalue weighted by Crippen LogP contribution is 2.21. The summed E-state index contributed by atoms with van der Waals surface area (Å²) < 4.78 is 20.1. The first-order valence-corrected chi connectivity index (χ1v) is 8.42. The number of benzene rings is 1. The largest absolute Gasteiger partial charge is 0.497 e. The van der Waals surface area contributed by atoms with Gasteiger partial charge < -0.3 is 4.74 Å². The number of amides is 3. The molecule has 2 heterocycles. The summed E-state index contributed by atoms with van der Waals surface area (Å²) in [5.74, 6) is -1.35. The fourth-order valence-corrected chi connectivity index (χ4v) is 3.10. The van der Waals surface area contributed by atoms with E-state index >= 15 is 0 Å². The van der Waals surface area contributed by atoms with Crippen molar-refractivity contribution in [3.63, 3.8) is 0 Å². The lowest BCUT2D eigenvalue weighted by Crippen LogP contribution is -2.51. The number of ether oxygens (including phenoxy) is 1. The Hall–Kier alpha value is -2.40. The molecule has 0 aliphatic carbocycles. The monoisotopic (exact) mass is 457 g/mol. The number of fused-ring (bicyclic) bond motifs is 1. The minimum Gasteiger partial charge on any atom is -0.497 e. The first-order chi connectivity index (χ1) is 12.3. The van der Waals surface area contributed by atoms with Crippen LogP contribution in [0, 0.1) is 5.82 Å². The van der Waals surface area contributed by atoms with Crippen molar-refractivity contribution in [2.75, 3.05) is 27.0 Å². The summed E-state index contributed by atoms with van der Waals surface area (Å²) in [6.45, 7) is 0. The second kappa shape index (κ2) is 8.09. The first kappa shape index (κ1) is 20.9. The molecular weight excluding hydrogens is 443 g/mol. The number of nitrogens with zero attached hydrogens (tertiary/aromatic N) is 4. The van der Waals surface area contributed by atoms with E-state index in [-0.39, 0.29) is 45.0 Å². The third kappa shape index (κ3) is 3.83. The number of halogens is 2. The highest BCUT2D eigenvalue weighted by Gasteiger charge is 2.44. The van der Waals surface area contributed by atoms with Crippen molar-refractivity contribution < 1.29 is 28.1 Å². The zero-order chi connectivity index (χ0) is 19.0. The van der Waals surface area contributed by atoms with Crippen LogP contribution in [0.3, 0.4) is 0 Å². The Morgan fingerprint density at radius 1 is 1.33 bits per heavy atom. The second-order valence-electron chi connectivity index (χ2n) is 5.44. The molecule has 8 nitrogen and oxygen atoms in total. The second-order valence-corrected chi connectivity index (χ2v) is 6.38. The number of hydrogen-bond acceptors (Lipinski definition) is 7. The summed E-state index contributed by atoms with van der Waals surface area (Å²) in [5.41, 5.74) is -0.0297. The summed E-state index contributed by atoms with van der Waals surface area (Å²) in [5, 5.41) is 0.167. The molecule has 3 amide bonds. The Labute approximate surface area is 168 Å². The van der Waals surface area contributed by atoms with E-state index in [0.717, 1.165) is 22.7 Å². The highest BCUT2D eigenvalue weighted by molar-refractivity contribution is 8.93. The van der Waals surface area contributed by atoms with Gasteiger partial charge >= 0.3 is 17.8 Å². The van der Waals surface area contributed by atoms with Crippen molar-refractivity contribution in [3.8, 4) is 5.75 Å². The van der Waals surface area contributed by atoms with Gasteiger partial charge in [0.2, 0.25) is 5.71 Å². The number of thioether (sulfide) groups is 1. The van der Waals surface area contributed by atoms with E-state index < -0.39 is 23.5 Å². The van der Waals surface area contributed by atoms with Crippen LogP contribution >= 0.6 is 28.7 Å². The topological polar surface area (TPSA) is 91.4 Å². The van der Waals surface area contributed by atoms with Gasteiger partial charge in [0.1, 0.15) is 11.6 Å². The lowest BCUT2D eigenvalue weighted by atomic mass is 10.1. The van der Waals surface area contributed by atoms with Gasteiger partial charge in [-0.1, -0.05) is 16.8 Å². The van der Waals surface area contributed by atoms with Gasteiger partial charge in [-0.05, 0) is 12.1 Å². The zero-order valence-electron chi connectivity index (χ0n) is 14.6. The van der Waals surface area contributed by atoms with Crippen molar-refractivity contribution in [2.45, 2.75) is 0 Å². The van der Waals surface area contributed by atoms with Gasteiger partial charge in [0.15, 0.2) is 5.78 Å². The molecule has 0 saturated carbocycles. The van der Waals surface area contributed by atoms with Crippen LogP contribution in [0.15, 0.2) is 28.2 Å². The van der Waals surface area contributed by atoms with E-state index in [1.54, 1.807) is 0 Å². The number of aliphatic imine (C=N–C) groups is 2. The summed E-state index contributed by atoms with van der Waals surface area (Å²) in [6, 6.07) is 3.45. The zero-order valence-corrected chi connectivity index (χ0v) is 17.1. The molecule has 142 valence electrons. The molecule has 2 aliphatic rings. The number of imide groups is 1. The summed E-state index contributed by atoms with van der Waals surface area (Å²) in [4.78, 5) is 45.3. The SMILES string of the molecule is Br.COc1ccc(C(=O)CSC2=NC3=[N+](C)C(=O)N(C)C(=O)C3=N2)c(F)c1.